The highest BCUT2D eigenvalue weighted by molar-refractivity contribution is 7.00. The van der Waals surface area contributed by atoms with E-state index in [-0.39, 0.29) is 5.41 Å². The number of anilines is 3. The van der Waals surface area contributed by atoms with Gasteiger partial charge in [-0.25, -0.2) is 15.0 Å². The predicted molar refractivity (Wildman–Crippen MR) is 178 cm³/mol. The number of aromatic nitrogens is 4. The second kappa shape index (κ2) is 9.53. The van der Waals surface area contributed by atoms with Crippen molar-refractivity contribution in [2.75, 3.05) is 23.5 Å². The molecule has 0 saturated heterocycles. The minimum absolute atomic E-state index is 0.00141. The lowest BCUT2D eigenvalue weighted by atomic mass is 9.87. The van der Waals surface area contributed by atoms with Crippen molar-refractivity contribution in [1.29, 1.82) is 0 Å². The maximum absolute atomic E-state index is 4.74. The number of hydrogen-bond acceptors (Lipinski definition) is 5. The minimum atomic E-state index is -2.16. The smallest absolute Gasteiger partial charge is 0.178 e. The highest BCUT2D eigenvalue weighted by Crippen LogP contribution is 2.38. The molecule has 1 aliphatic rings. The first-order valence-corrected chi connectivity index (χ1v) is 17.5. The molecule has 0 N–H and O–H groups in total. The number of hydrogen-bond donors (Lipinski definition) is 0. The summed E-state index contributed by atoms with van der Waals surface area (Å²) in [5.74, 6) is 2.78. The molecule has 0 spiro atoms. The van der Waals surface area contributed by atoms with Gasteiger partial charge in [0, 0.05) is 42.1 Å². The average molecular weight is 569 g/mol. The van der Waals surface area contributed by atoms with Crippen LogP contribution >= 0.6 is 0 Å². The molecule has 0 unspecified atom stereocenters. The molecular formula is C35H36N6Si. The molecule has 0 saturated carbocycles. The summed E-state index contributed by atoms with van der Waals surface area (Å²) in [7, 11) is -0.0768. The molecule has 0 bridgehead atoms. The second-order valence-electron chi connectivity index (χ2n) is 12.9. The molecule has 7 heteroatoms. The number of para-hydroxylation sites is 1. The molecule has 0 atom stereocenters. The molecule has 6 nitrogen and oxygen atoms in total. The van der Waals surface area contributed by atoms with E-state index < -0.39 is 8.07 Å². The van der Waals surface area contributed by atoms with Gasteiger partial charge in [0.25, 0.3) is 0 Å². The number of pyridine rings is 1. The molecule has 0 radical (unpaired) electrons. The van der Waals surface area contributed by atoms with Crippen LogP contribution in [0.15, 0.2) is 97.5 Å². The van der Waals surface area contributed by atoms with Crippen molar-refractivity contribution in [3.05, 3.63) is 103 Å². The van der Waals surface area contributed by atoms with E-state index in [0.29, 0.717) is 0 Å². The van der Waals surface area contributed by atoms with Crippen LogP contribution in [0.4, 0.5) is 17.3 Å². The lowest BCUT2D eigenvalue weighted by Crippen LogP contribution is -2.53. The Hall–Kier alpha value is -4.49. The third-order valence-corrected chi connectivity index (χ3v) is 12.2. The molecule has 42 heavy (non-hydrogen) atoms. The first-order chi connectivity index (χ1) is 20.1. The predicted octanol–water partition coefficient (Wildman–Crippen LogP) is 6.63. The van der Waals surface area contributed by atoms with Crippen LogP contribution in [0, 0.1) is 0 Å². The van der Waals surface area contributed by atoms with Gasteiger partial charge < -0.3 is 9.80 Å². The fourth-order valence-electron chi connectivity index (χ4n) is 6.15. The minimum Gasteiger partial charge on any atom is -0.338 e. The Labute approximate surface area is 248 Å². The van der Waals surface area contributed by atoms with Crippen LogP contribution in [0.2, 0.25) is 13.1 Å². The second-order valence-corrected chi connectivity index (χ2v) is 17.3. The maximum atomic E-state index is 4.74. The largest absolute Gasteiger partial charge is 0.338 e. The van der Waals surface area contributed by atoms with Crippen LogP contribution in [0.25, 0.3) is 27.6 Å². The lowest BCUT2D eigenvalue weighted by molar-refractivity contribution is 0.590. The van der Waals surface area contributed by atoms with Gasteiger partial charge in [0.2, 0.25) is 0 Å². The van der Waals surface area contributed by atoms with E-state index in [1.165, 1.54) is 43.4 Å². The summed E-state index contributed by atoms with van der Waals surface area (Å²) in [5, 5.41) is 5.30. The van der Waals surface area contributed by atoms with E-state index in [9.17, 15) is 0 Å². The van der Waals surface area contributed by atoms with E-state index in [1.54, 1.807) is 12.4 Å². The Morgan fingerprint density at radius 3 is 2.19 bits per heavy atom. The first-order valence-electron chi connectivity index (χ1n) is 14.5. The van der Waals surface area contributed by atoms with E-state index in [1.807, 2.05) is 12.3 Å². The van der Waals surface area contributed by atoms with Gasteiger partial charge in [0.05, 0.1) is 17.7 Å². The van der Waals surface area contributed by atoms with Gasteiger partial charge in [0.15, 0.2) is 11.6 Å². The van der Waals surface area contributed by atoms with Crippen molar-refractivity contribution in [2.45, 2.75) is 39.3 Å². The average Bonchev–Trinajstić information content (AvgIpc) is 3.51. The maximum Gasteiger partial charge on any atom is 0.178 e. The van der Waals surface area contributed by atoms with Crippen molar-refractivity contribution < 1.29 is 0 Å². The van der Waals surface area contributed by atoms with E-state index in [4.69, 9.17) is 9.97 Å². The third kappa shape index (κ3) is 4.19. The highest BCUT2D eigenvalue weighted by atomic mass is 28.3. The summed E-state index contributed by atoms with van der Waals surface area (Å²) < 4.78 is 2.31. The molecule has 7 rings (SSSR count). The van der Waals surface area contributed by atoms with Gasteiger partial charge in [-0.2, -0.15) is 0 Å². The van der Waals surface area contributed by atoms with E-state index in [0.717, 1.165) is 24.1 Å². The quantitative estimate of drug-likeness (QED) is 0.223. The van der Waals surface area contributed by atoms with Crippen molar-refractivity contribution in [3.63, 3.8) is 0 Å². The van der Waals surface area contributed by atoms with Crippen LogP contribution in [0.5, 0.6) is 0 Å². The van der Waals surface area contributed by atoms with Crippen LogP contribution in [0.3, 0.4) is 0 Å². The van der Waals surface area contributed by atoms with E-state index >= 15 is 0 Å². The Morgan fingerprint density at radius 1 is 0.690 bits per heavy atom. The Morgan fingerprint density at radius 2 is 1.43 bits per heavy atom. The van der Waals surface area contributed by atoms with Crippen LogP contribution in [0.1, 0.15) is 26.3 Å². The lowest BCUT2D eigenvalue weighted by Gasteiger charge is -2.30. The summed E-state index contributed by atoms with van der Waals surface area (Å²) in [6.07, 6.45) is 5.43. The monoisotopic (exact) mass is 568 g/mol. The highest BCUT2D eigenvalue weighted by Gasteiger charge is 2.33. The SMILES string of the molecule is CN1CN(c2cc(C(C)(C)C)cc([Si](C)(C)c3ccc4c5ccccc5n(-c5ccccn5)c4c3)c2)c2nccnc21. The molecule has 3 aromatic carbocycles. The first kappa shape index (κ1) is 26.4. The van der Waals surface area contributed by atoms with Crippen LogP contribution < -0.4 is 20.2 Å². The molecule has 210 valence electrons. The molecule has 4 heterocycles. The van der Waals surface area contributed by atoms with Crippen LogP contribution in [-0.2, 0) is 5.41 Å². The number of nitrogens with zero attached hydrogens (tertiary/aromatic N) is 6. The third-order valence-electron chi connectivity index (χ3n) is 8.72. The summed E-state index contributed by atoms with van der Waals surface area (Å²) >= 11 is 0. The topological polar surface area (TPSA) is 50.1 Å². The van der Waals surface area contributed by atoms with Gasteiger partial charge in [-0.1, -0.05) is 86.7 Å². The number of benzene rings is 3. The number of fused-ring (bicyclic) bond motifs is 4. The zero-order valence-electron chi connectivity index (χ0n) is 25.1. The van der Waals surface area contributed by atoms with Gasteiger partial charge in [-0.05, 0) is 47.4 Å². The van der Waals surface area contributed by atoms with Crippen molar-refractivity contribution in [1.82, 2.24) is 19.5 Å². The fourth-order valence-corrected chi connectivity index (χ4v) is 8.51. The Kier molecular flexibility index (Phi) is 5.99. The summed E-state index contributed by atoms with van der Waals surface area (Å²) in [4.78, 5) is 18.5. The van der Waals surface area contributed by atoms with Gasteiger partial charge in [-0.3, -0.25) is 4.57 Å². The molecule has 1 aliphatic heterocycles. The van der Waals surface area contributed by atoms with Gasteiger partial charge >= 0.3 is 0 Å². The molecule has 6 aromatic rings. The van der Waals surface area contributed by atoms with Crippen molar-refractivity contribution in [3.8, 4) is 5.82 Å². The molecular weight excluding hydrogens is 533 g/mol. The Bertz CT molecular complexity index is 1950. The summed E-state index contributed by atoms with van der Waals surface area (Å²) in [6, 6.07) is 29.0. The zero-order chi connectivity index (χ0) is 29.2. The Balaban J connectivity index is 1.41. The molecule has 0 amide bonds. The fraction of sp³-hybridized carbons (Fsp3) is 0.229. The van der Waals surface area contributed by atoms with Crippen molar-refractivity contribution in [2.24, 2.45) is 0 Å². The van der Waals surface area contributed by atoms with Crippen molar-refractivity contribution >= 4 is 57.6 Å². The zero-order valence-corrected chi connectivity index (χ0v) is 26.1. The van der Waals surface area contributed by atoms with Gasteiger partial charge in [-0.15, -0.1) is 0 Å². The molecule has 0 fully saturated rings. The standard InChI is InChI=1S/C35H36N6Si/c1-35(2,3)24-19-25(40-23-39(4)33-34(40)38-18-17-37-33)21-27(20-24)42(5,6)26-14-15-29-28-11-7-8-12-30(28)41(31(29)22-26)32-13-9-10-16-36-32/h7-22H,23H2,1-6H3. The summed E-state index contributed by atoms with van der Waals surface area (Å²) in [6.45, 7) is 12.6. The van der Waals surface area contributed by atoms with Gasteiger partial charge in [0.1, 0.15) is 13.9 Å². The van der Waals surface area contributed by atoms with Crippen LogP contribution in [-0.4, -0.2) is 41.3 Å². The molecule has 0 aliphatic carbocycles. The normalized spacial score (nSPS) is 13.8. The number of rotatable bonds is 4. The van der Waals surface area contributed by atoms with E-state index in [2.05, 4.69) is 133 Å². The summed E-state index contributed by atoms with van der Waals surface area (Å²) in [5.41, 5.74) is 4.89. The molecule has 3 aromatic heterocycles.